The molecule has 1 rings (SSSR count). The monoisotopic (exact) mass is 177 g/mol. The molecule has 0 saturated carbocycles. The average molecular weight is 177 g/mol. The third kappa shape index (κ3) is 2.92. The van der Waals surface area contributed by atoms with Crippen LogP contribution in [0.2, 0.25) is 0 Å². The van der Waals surface area contributed by atoms with E-state index < -0.39 is 0 Å². The number of rotatable bonds is 5. The van der Waals surface area contributed by atoms with Crippen molar-refractivity contribution in [1.29, 1.82) is 5.26 Å². The molecule has 0 aliphatic heterocycles. The Kier molecular flexibility index (Phi) is 4.07. The largest absolute Gasteiger partial charge is 0.350 e. The molecule has 0 amide bonds. The van der Waals surface area contributed by atoms with Gasteiger partial charge in [-0.15, -0.1) is 0 Å². The van der Waals surface area contributed by atoms with E-state index in [1.165, 1.54) is 5.69 Å². The molecule has 0 bridgehead atoms. The third-order valence-electron chi connectivity index (χ3n) is 1.97. The molecule has 0 fully saturated rings. The van der Waals surface area contributed by atoms with Gasteiger partial charge in [0.25, 0.3) is 0 Å². The van der Waals surface area contributed by atoms with Crippen molar-refractivity contribution in [1.82, 2.24) is 9.88 Å². The zero-order chi connectivity index (χ0) is 9.52. The summed E-state index contributed by atoms with van der Waals surface area (Å²) in [6.07, 6.45) is 3.63. The van der Waals surface area contributed by atoms with Crippen LogP contribution in [0.5, 0.6) is 0 Å². The molecule has 0 unspecified atom stereocenters. The van der Waals surface area contributed by atoms with E-state index in [2.05, 4.69) is 28.2 Å². The van der Waals surface area contributed by atoms with Gasteiger partial charge in [0.1, 0.15) is 0 Å². The van der Waals surface area contributed by atoms with Crippen LogP contribution in [0.4, 0.5) is 0 Å². The summed E-state index contributed by atoms with van der Waals surface area (Å²) in [5, 5.41) is 11.5. The van der Waals surface area contributed by atoms with Crippen LogP contribution in [0.15, 0.2) is 18.3 Å². The second kappa shape index (κ2) is 5.39. The zero-order valence-electron chi connectivity index (χ0n) is 7.95. The number of hydrogen-bond donors (Lipinski definition) is 1. The van der Waals surface area contributed by atoms with E-state index >= 15 is 0 Å². The first-order valence-corrected chi connectivity index (χ1v) is 4.54. The van der Waals surface area contributed by atoms with Crippen LogP contribution in [-0.4, -0.2) is 11.6 Å². The molecule has 0 radical (unpaired) electrons. The summed E-state index contributed by atoms with van der Waals surface area (Å²) in [4.78, 5) is 0. The van der Waals surface area contributed by atoms with E-state index in [9.17, 15) is 0 Å². The van der Waals surface area contributed by atoms with Gasteiger partial charge in [0.05, 0.1) is 6.07 Å². The van der Waals surface area contributed by atoms with Crippen LogP contribution in [0.1, 0.15) is 18.5 Å². The molecule has 0 aliphatic carbocycles. The molecule has 1 N–H and O–H groups in total. The lowest BCUT2D eigenvalue weighted by atomic mass is 10.3. The van der Waals surface area contributed by atoms with Crippen LogP contribution >= 0.6 is 0 Å². The van der Waals surface area contributed by atoms with E-state index in [4.69, 9.17) is 5.26 Å². The van der Waals surface area contributed by atoms with E-state index in [-0.39, 0.29) is 0 Å². The van der Waals surface area contributed by atoms with Crippen molar-refractivity contribution in [2.45, 2.75) is 25.9 Å². The molecule has 1 heterocycles. The van der Waals surface area contributed by atoms with Crippen molar-refractivity contribution in [3.8, 4) is 6.07 Å². The predicted molar refractivity (Wildman–Crippen MR) is 52.0 cm³/mol. The van der Waals surface area contributed by atoms with Gasteiger partial charge in [-0.05, 0) is 25.6 Å². The van der Waals surface area contributed by atoms with E-state index in [1.54, 1.807) is 0 Å². The number of aryl methyl sites for hydroxylation is 1. The summed E-state index contributed by atoms with van der Waals surface area (Å²) in [5.74, 6) is 0. The summed E-state index contributed by atoms with van der Waals surface area (Å²) in [5.41, 5.74) is 1.28. The normalized spacial score (nSPS) is 9.85. The molecule has 3 heteroatoms. The highest BCUT2D eigenvalue weighted by molar-refractivity contribution is 5.06. The van der Waals surface area contributed by atoms with E-state index in [0.717, 1.165) is 19.5 Å². The molecular weight excluding hydrogens is 162 g/mol. The standard InChI is InChI=1S/C10H15N3/c1-12-9-10-5-4-8-13(10)7-3-2-6-11/h4-5,8,12H,2-3,7,9H2,1H3. The Morgan fingerprint density at radius 2 is 2.46 bits per heavy atom. The van der Waals surface area contributed by atoms with Crippen molar-refractivity contribution in [3.63, 3.8) is 0 Å². The molecule has 0 aromatic carbocycles. The fourth-order valence-electron chi connectivity index (χ4n) is 1.34. The highest BCUT2D eigenvalue weighted by Crippen LogP contribution is 2.03. The lowest BCUT2D eigenvalue weighted by molar-refractivity contribution is 0.612. The average Bonchev–Trinajstić information content (AvgIpc) is 2.54. The van der Waals surface area contributed by atoms with Gasteiger partial charge in [-0.2, -0.15) is 5.26 Å². The second-order valence-corrected chi connectivity index (χ2v) is 2.98. The van der Waals surface area contributed by atoms with Crippen molar-refractivity contribution in [2.24, 2.45) is 0 Å². The van der Waals surface area contributed by atoms with Crippen molar-refractivity contribution in [3.05, 3.63) is 24.0 Å². The fourth-order valence-corrected chi connectivity index (χ4v) is 1.34. The van der Waals surface area contributed by atoms with Gasteiger partial charge in [-0.3, -0.25) is 0 Å². The minimum absolute atomic E-state index is 0.636. The van der Waals surface area contributed by atoms with Gasteiger partial charge in [0.2, 0.25) is 0 Å². The summed E-state index contributed by atoms with van der Waals surface area (Å²) in [6, 6.07) is 6.29. The third-order valence-corrected chi connectivity index (χ3v) is 1.97. The first kappa shape index (κ1) is 9.82. The number of nitrogens with one attached hydrogen (secondary N) is 1. The van der Waals surface area contributed by atoms with E-state index in [1.807, 2.05) is 13.1 Å². The maximum Gasteiger partial charge on any atom is 0.0622 e. The van der Waals surface area contributed by atoms with Crippen LogP contribution in [-0.2, 0) is 13.1 Å². The predicted octanol–water partition coefficient (Wildman–Crippen LogP) is 1.51. The van der Waals surface area contributed by atoms with Gasteiger partial charge in [0, 0.05) is 31.4 Å². The molecule has 0 atom stereocenters. The quantitative estimate of drug-likeness (QED) is 0.693. The van der Waals surface area contributed by atoms with Crippen molar-refractivity contribution < 1.29 is 0 Å². The maximum atomic E-state index is 8.40. The van der Waals surface area contributed by atoms with Crippen LogP contribution in [0.3, 0.4) is 0 Å². The van der Waals surface area contributed by atoms with Gasteiger partial charge in [0.15, 0.2) is 0 Å². The van der Waals surface area contributed by atoms with E-state index in [0.29, 0.717) is 6.42 Å². The second-order valence-electron chi connectivity index (χ2n) is 2.98. The van der Waals surface area contributed by atoms with Gasteiger partial charge in [-0.25, -0.2) is 0 Å². The molecule has 70 valence electrons. The molecule has 0 saturated heterocycles. The SMILES string of the molecule is CNCc1cccn1CCCC#N. The van der Waals surface area contributed by atoms with Crippen LogP contribution in [0.25, 0.3) is 0 Å². The minimum atomic E-state index is 0.636. The number of hydrogen-bond acceptors (Lipinski definition) is 2. The Hall–Kier alpha value is -1.27. The first-order chi connectivity index (χ1) is 6.38. The van der Waals surface area contributed by atoms with Gasteiger partial charge < -0.3 is 9.88 Å². The number of nitriles is 1. The Labute approximate surface area is 79.0 Å². The Morgan fingerprint density at radius 1 is 1.62 bits per heavy atom. The molecule has 1 aromatic rings. The van der Waals surface area contributed by atoms with Crippen molar-refractivity contribution in [2.75, 3.05) is 7.05 Å². The molecular formula is C10H15N3. The van der Waals surface area contributed by atoms with Crippen LogP contribution < -0.4 is 5.32 Å². The highest BCUT2D eigenvalue weighted by Gasteiger charge is 1.98. The summed E-state index contributed by atoms with van der Waals surface area (Å²) in [7, 11) is 1.94. The van der Waals surface area contributed by atoms with Crippen LogP contribution in [0, 0.1) is 11.3 Å². The van der Waals surface area contributed by atoms with Crippen molar-refractivity contribution >= 4 is 0 Å². The molecule has 0 spiro atoms. The molecule has 3 nitrogen and oxygen atoms in total. The number of aromatic nitrogens is 1. The molecule has 13 heavy (non-hydrogen) atoms. The number of nitrogens with zero attached hydrogens (tertiary/aromatic N) is 2. The highest BCUT2D eigenvalue weighted by atomic mass is 15.0. The topological polar surface area (TPSA) is 40.8 Å². The molecule has 0 aliphatic rings. The Morgan fingerprint density at radius 3 is 3.15 bits per heavy atom. The van der Waals surface area contributed by atoms with Gasteiger partial charge >= 0.3 is 0 Å². The fraction of sp³-hybridized carbons (Fsp3) is 0.500. The Balaban J connectivity index is 2.46. The Bertz CT molecular complexity index is 283. The van der Waals surface area contributed by atoms with Gasteiger partial charge in [-0.1, -0.05) is 0 Å². The number of unbranched alkanes of at least 4 members (excludes halogenated alkanes) is 1. The lowest BCUT2D eigenvalue weighted by Gasteiger charge is -2.06. The first-order valence-electron chi connectivity index (χ1n) is 4.54. The minimum Gasteiger partial charge on any atom is -0.350 e. The summed E-state index contributed by atoms with van der Waals surface area (Å²) in [6.45, 7) is 1.83. The summed E-state index contributed by atoms with van der Waals surface area (Å²) < 4.78 is 2.19. The summed E-state index contributed by atoms with van der Waals surface area (Å²) >= 11 is 0. The lowest BCUT2D eigenvalue weighted by Crippen LogP contribution is -2.10. The maximum absolute atomic E-state index is 8.40. The smallest absolute Gasteiger partial charge is 0.0622 e. The molecule has 1 aromatic heterocycles. The zero-order valence-corrected chi connectivity index (χ0v) is 7.95.